The van der Waals surface area contributed by atoms with Crippen LogP contribution in [0.2, 0.25) is 0 Å². The van der Waals surface area contributed by atoms with E-state index in [2.05, 4.69) is 22.2 Å². The molecule has 0 spiro atoms. The summed E-state index contributed by atoms with van der Waals surface area (Å²) in [7, 11) is 0. The number of nitrogens with one attached hydrogen (secondary N) is 2. The van der Waals surface area contributed by atoms with Crippen molar-refractivity contribution in [3.63, 3.8) is 0 Å². The number of aromatic amines is 1. The van der Waals surface area contributed by atoms with Gasteiger partial charge in [0.25, 0.3) is 0 Å². The number of halogens is 1. The van der Waals surface area contributed by atoms with Gasteiger partial charge < -0.3 is 10.3 Å². The van der Waals surface area contributed by atoms with Gasteiger partial charge >= 0.3 is 0 Å². The highest BCUT2D eigenvalue weighted by Gasteiger charge is 2.34. The van der Waals surface area contributed by atoms with Gasteiger partial charge in [0, 0.05) is 18.7 Å². The van der Waals surface area contributed by atoms with Crippen LogP contribution < -0.4 is 5.32 Å². The summed E-state index contributed by atoms with van der Waals surface area (Å²) >= 11 is 0. The van der Waals surface area contributed by atoms with Crippen molar-refractivity contribution >= 4 is 0 Å². The minimum Gasteiger partial charge on any atom is -0.348 e. The number of hydrogen-bond acceptors (Lipinski definition) is 2. The zero-order valence-electron chi connectivity index (χ0n) is 10.3. The van der Waals surface area contributed by atoms with E-state index in [1.54, 1.807) is 12.4 Å². The van der Waals surface area contributed by atoms with Crippen molar-refractivity contribution < 1.29 is 4.39 Å². The van der Waals surface area contributed by atoms with Crippen LogP contribution >= 0.6 is 0 Å². The lowest BCUT2D eigenvalue weighted by Gasteiger charge is -2.34. The molecule has 4 heteroatoms. The van der Waals surface area contributed by atoms with Crippen molar-refractivity contribution in [1.82, 2.24) is 15.3 Å². The third kappa shape index (κ3) is 1.82. The number of nitrogens with zero attached hydrogens (tertiary/aromatic N) is 1. The van der Waals surface area contributed by atoms with Crippen LogP contribution in [0, 0.1) is 5.82 Å². The van der Waals surface area contributed by atoms with E-state index in [9.17, 15) is 4.39 Å². The first kappa shape index (κ1) is 11.4. The second-order valence-electron chi connectivity index (χ2n) is 5.01. The lowest BCUT2D eigenvalue weighted by Crippen LogP contribution is -2.47. The number of hydrogen-bond donors (Lipinski definition) is 2. The molecule has 1 aromatic heterocycles. The molecule has 1 aliphatic heterocycles. The highest BCUT2D eigenvalue weighted by atomic mass is 19.1. The van der Waals surface area contributed by atoms with Crippen molar-refractivity contribution in [3.8, 4) is 0 Å². The van der Waals surface area contributed by atoms with Crippen molar-refractivity contribution in [2.45, 2.75) is 25.3 Å². The summed E-state index contributed by atoms with van der Waals surface area (Å²) in [6.45, 7) is 2.97. The van der Waals surface area contributed by atoms with Gasteiger partial charge in [0.1, 0.15) is 5.82 Å². The summed E-state index contributed by atoms with van der Waals surface area (Å²) < 4.78 is 13.8. The predicted molar refractivity (Wildman–Crippen MR) is 67.8 cm³/mol. The number of benzene rings is 1. The molecule has 94 valence electrons. The van der Waals surface area contributed by atoms with Crippen LogP contribution in [0.1, 0.15) is 23.9 Å². The monoisotopic (exact) mass is 245 g/mol. The molecule has 0 fully saturated rings. The molecule has 3 rings (SSSR count). The number of aromatic nitrogens is 2. The molecule has 1 unspecified atom stereocenters. The molecule has 2 N–H and O–H groups in total. The lowest BCUT2D eigenvalue weighted by molar-refractivity contribution is 0.331. The summed E-state index contributed by atoms with van der Waals surface area (Å²) in [5.41, 5.74) is 2.60. The molecule has 1 atom stereocenters. The van der Waals surface area contributed by atoms with E-state index >= 15 is 0 Å². The SMILES string of the molecule is CC1(Cc2ccccc2F)NCCc2[nH]cnc21. The summed E-state index contributed by atoms with van der Waals surface area (Å²) in [5.74, 6) is -0.150. The Labute approximate surface area is 105 Å². The molecule has 2 aromatic rings. The Morgan fingerprint density at radius 1 is 1.39 bits per heavy atom. The van der Waals surface area contributed by atoms with E-state index in [1.807, 2.05) is 12.1 Å². The molecule has 0 aliphatic carbocycles. The second kappa shape index (κ2) is 4.21. The van der Waals surface area contributed by atoms with Gasteiger partial charge in [-0.2, -0.15) is 0 Å². The molecule has 1 aromatic carbocycles. The lowest BCUT2D eigenvalue weighted by atomic mass is 9.85. The van der Waals surface area contributed by atoms with Crippen molar-refractivity contribution in [3.05, 3.63) is 53.4 Å². The van der Waals surface area contributed by atoms with Crippen LogP contribution in [0.5, 0.6) is 0 Å². The van der Waals surface area contributed by atoms with Gasteiger partial charge in [-0.1, -0.05) is 18.2 Å². The Bertz CT molecular complexity index is 564. The molecule has 0 saturated heterocycles. The summed E-state index contributed by atoms with van der Waals surface area (Å²) in [4.78, 5) is 7.56. The third-order valence-corrected chi connectivity index (χ3v) is 3.63. The first-order valence-corrected chi connectivity index (χ1v) is 6.20. The largest absolute Gasteiger partial charge is 0.348 e. The fraction of sp³-hybridized carbons (Fsp3) is 0.357. The van der Waals surface area contributed by atoms with Gasteiger partial charge in [0.05, 0.1) is 17.6 Å². The Kier molecular flexibility index (Phi) is 2.67. The maximum Gasteiger partial charge on any atom is 0.126 e. The molecule has 18 heavy (non-hydrogen) atoms. The second-order valence-corrected chi connectivity index (χ2v) is 5.01. The van der Waals surface area contributed by atoms with Gasteiger partial charge in [-0.25, -0.2) is 9.37 Å². The highest BCUT2D eigenvalue weighted by Crippen LogP contribution is 2.29. The fourth-order valence-electron chi connectivity index (χ4n) is 2.70. The Morgan fingerprint density at radius 3 is 3.06 bits per heavy atom. The van der Waals surface area contributed by atoms with Crippen molar-refractivity contribution in [2.24, 2.45) is 0 Å². The number of H-pyrrole nitrogens is 1. The first-order chi connectivity index (χ1) is 8.69. The summed E-state index contributed by atoms with van der Waals surface area (Å²) in [6.07, 6.45) is 3.27. The van der Waals surface area contributed by atoms with Crippen LogP contribution in [-0.2, 0) is 18.4 Å². The first-order valence-electron chi connectivity index (χ1n) is 6.20. The Morgan fingerprint density at radius 2 is 2.22 bits per heavy atom. The fourth-order valence-corrected chi connectivity index (χ4v) is 2.70. The zero-order valence-corrected chi connectivity index (χ0v) is 10.3. The molecular formula is C14H16FN3. The number of imidazole rings is 1. The highest BCUT2D eigenvalue weighted by molar-refractivity contribution is 5.29. The van der Waals surface area contributed by atoms with E-state index in [1.165, 1.54) is 6.07 Å². The average Bonchev–Trinajstić information content (AvgIpc) is 2.82. The Balaban J connectivity index is 1.96. The van der Waals surface area contributed by atoms with E-state index in [-0.39, 0.29) is 11.4 Å². The quantitative estimate of drug-likeness (QED) is 0.851. The standard InChI is InChI=1S/C14H16FN3/c1-14(8-10-4-2-3-5-11(10)15)13-12(6-7-18-14)16-9-17-13/h2-5,9,18H,6-8H2,1H3,(H,16,17). The average molecular weight is 245 g/mol. The third-order valence-electron chi connectivity index (χ3n) is 3.63. The van der Waals surface area contributed by atoms with Gasteiger partial charge in [-0.15, -0.1) is 0 Å². The molecule has 2 heterocycles. The smallest absolute Gasteiger partial charge is 0.126 e. The molecule has 3 nitrogen and oxygen atoms in total. The van der Waals surface area contributed by atoms with Gasteiger partial charge in [-0.3, -0.25) is 0 Å². The van der Waals surface area contributed by atoms with E-state index in [4.69, 9.17) is 0 Å². The predicted octanol–water partition coefficient (Wildman–Crippen LogP) is 2.15. The maximum atomic E-state index is 13.8. The summed E-state index contributed by atoms with van der Waals surface area (Å²) in [6, 6.07) is 6.93. The summed E-state index contributed by atoms with van der Waals surface area (Å²) in [5, 5.41) is 3.46. The maximum absolute atomic E-state index is 13.8. The minimum absolute atomic E-state index is 0.150. The molecule has 0 amide bonds. The topological polar surface area (TPSA) is 40.7 Å². The van der Waals surface area contributed by atoms with Crippen LogP contribution in [-0.4, -0.2) is 16.5 Å². The zero-order chi connectivity index (χ0) is 12.6. The molecular weight excluding hydrogens is 229 g/mol. The minimum atomic E-state index is -0.296. The molecule has 1 aliphatic rings. The van der Waals surface area contributed by atoms with Crippen LogP contribution in [0.25, 0.3) is 0 Å². The van der Waals surface area contributed by atoms with Gasteiger partial charge in [0.15, 0.2) is 0 Å². The normalized spacial score (nSPS) is 22.8. The van der Waals surface area contributed by atoms with Crippen LogP contribution in [0.15, 0.2) is 30.6 Å². The Hall–Kier alpha value is -1.68. The molecule has 0 bridgehead atoms. The van der Waals surface area contributed by atoms with E-state index in [0.717, 1.165) is 29.9 Å². The van der Waals surface area contributed by atoms with E-state index in [0.29, 0.717) is 6.42 Å². The molecule has 0 saturated carbocycles. The van der Waals surface area contributed by atoms with Gasteiger partial charge in [-0.05, 0) is 25.0 Å². The number of fused-ring (bicyclic) bond motifs is 1. The molecule has 0 radical (unpaired) electrons. The van der Waals surface area contributed by atoms with Crippen LogP contribution in [0.3, 0.4) is 0 Å². The van der Waals surface area contributed by atoms with Crippen molar-refractivity contribution in [1.29, 1.82) is 0 Å². The van der Waals surface area contributed by atoms with Crippen molar-refractivity contribution in [2.75, 3.05) is 6.54 Å². The van der Waals surface area contributed by atoms with E-state index < -0.39 is 0 Å². The van der Waals surface area contributed by atoms with Gasteiger partial charge in [0.2, 0.25) is 0 Å². The number of rotatable bonds is 2. The van der Waals surface area contributed by atoms with Crippen LogP contribution in [0.4, 0.5) is 4.39 Å².